The lowest BCUT2D eigenvalue weighted by Crippen LogP contribution is -2.39. The number of H-pyrrole nitrogens is 1. The van der Waals surface area contributed by atoms with E-state index in [0.29, 0.717) is 24.5 Å². The van der Waals surface area contributed by atoms with Gasteiger partial charge in [0.25, 0.3) is 5.56 Å². The Bertz CT molecular complexity index is 1660. The van der Waals surface area contributed by atoms with E-state index in [1.54, 1.807) is 17.2 Å². The standard InChI is InChI=1S/C37H47N5O4/c1-6-7-14-42(33-24-28-11-9-13-38-35(28)40-36(33)43)37(44)39-34-31(25(2)3)22-29(23-32(34)26(4)5)27-10-8-12-30(21-27)46-20-17-41-15-18-45-19-16-41/h8-13,21-26H,6-7,14-20H2,1-5H3,(H,39,44)(H,38,40,43). The maximum Gasteiger partial charge on any atom is 0.326 e. The summed E-state index contributed by atoms with van der Waals surface area (Å²) in [5, 5.41) is 4.03. The Balaban J connectivity index is 1.44. The van der Waals surface area contributed by atoms with Crippen molar-refractivity contribution in [2.24, 2.45) is 0 Å². The quantitative estimate of drug-likeness (QED) is 0.170. The highest BCUT2D eigenvalue weighted by Gasteiger charge is 2.24. The van der Waals surface area contributed by atoms with Crippen LogP contribution in [0.15, 0.2) is 65.6 Å². The number of carbonyl (C=O) groups excluding carboxylic acids is 1. The minimum atomic E-state index is -0.340. The van der Waals surface area contributed by atoms with Crippen LogP contribution in [0, 0.1) is 0 Å². The number of carbonyl (C=O) groups is 1. The number of rotatable bonds is 12. The highest BCUT2D eigenvalue weighted by molar-refractivity contribution is 6.03. The number of amides is 2. The SMILES string of the molecule is CCCCN(C(=O)Nc1c(C(C)C)cc(-c2cccc(OCCN3CCOCC3)c2)cc1C(C)C)c1cc2cccnc2[nH]c1=O. The number of anilines is 2. The molecule has 3 heterocycles. The van der Waals surface area contributed by atoms with Crippen LogP contribution in [0.1, 0.15) is 70.4 Å². The van der Waals surface area contributed by atoms with Crippen LogP contribution in [-0.2, 0) is 4.74 Å². The molecule has 1 aliphatic rings. The Kier molecular flexibility index (Phi) is 11.1. The number of aromatic nitrogens is 2. The molecule has 5 rings (SSSR count). The first-order chi connectivity index (χ1) is 22.2. The molecule has 0 aliphatic carbocycles. The van der Waals surface area contributed by atoms with Gasteiger partial charge in [0.1, 0.15) is 23.7 Å². The predicted molar refractivity (Wildman–Crippen MR) is 186 cm³/mol. The second-order valence-corrected chi connectivity index (χ2v) is 12.5. The number of pyridine rings is 2. The highest BCUT2D eigenvalue weighted by atomic mass is 16.5. The molecule has 2 amide bonds. The van der Waals surface area contributed by atoms with Gasteiger partial charge < -0.3 is 19.8 Å². The van der Waals surface area contributed by atoms with Crippen molar-refractivity contribution in [3.05, 3.63) is 82.3 Å². The molecule has 1 saturated heterocycles. The van der Waals surface area contributed by atoms with Gasteiger partial charge in [-0.05, 0) is 83.0 Å². The predicted octanol–water partition coefficient (Wildman–Crippen LogP) is 7.39. The topological polar surface area (TPSA) is 99.8 Å². The van der Waals surface area contributed by atoms with Crippen molar-refractivity contribution in [3.63, 3.8) is 0 Å². The zero-order valence-electron chi connectivity index (χ0n) is 27.8. The zero-order valence-corrected chi connectivity index (χ0v) is 27.8. The number of morpholine rings is 1. The minimum Gasteiger partial charge on any atom is -0.492 e. The number of fused-ring (bicyclic) bond motifs is 1. The monoisotopic (exact) mass is 625 g/mol. The number of urea groups is 1. The van der Waals surface area contributed by atoms with Crippen molar-refractivity contribution in [1.29, 1.82) is 0 Å². The van der Waals surface area contributed by atoms with Gasteiger partial charge in [-0.3, -0.25) is 14.6 Å². The Hall–Kier alpha value is -4.21. The van der Waals surface area contributed by atoms with Crippen molar-refractivity contribution < 1.29 is 14.3 Å². The summed E-state index contributed by atoms with van der Waals surface area (Å²) in [5.74, 6) is 1.11. The third-order valence-corrected chi connectivity index (χ3v) is 8.49. The van der Waals surface area contributed by atoms with Crippen molar-refractivity contribution >= 4 is 28.4 Å². The van der Waals surface area contributed by atoms with Crippen LogP contribution in [-0.4, -0.2) is 66.9 Å². The summed E-state index contributed by atoms with van der Waals surface area (Å²) in [5.41, 5.74) is 5.49. The van der Waals surface area contributed by atoms with Gasteiger partial charge in [0.2, 0.25) is 0 Å². The molecule has 0 spiro atoms. The summed E-state index contributed by atoms with van der Waals surface area (Å²) in [7, 11) is 0. The minimum absolute atomic E-state index is 0.139. The molecule has 46 heavy (non-hydrogen) atoms. The molecule has 2 N–H and O–H groups in total. The van der Waals surface area contributed by atoms with Gasteiger partial charge in [-0.1, -0.05) is 53.2 Å². The number of nitrogens with one attached hydrogen (secondary N) is 2. The maximum absolute atomic E-state index is 14.1. The maximum atomic E-state index is 14.1. The van der Waals surface area contributed by atoms with Crippen molar-refractivity contribution in [3.8, 4) is 16.9 Å². The second kappa shape index (κ2) is 15.4. The fraction of sp³-hybridized carbons (Fsp3) is 0.432. The number of hydrogen-bond donors (Lipinski definition) is 2. The molecule has 0 bridgehead atoms. The van der Waals surface area contributed by atoms with E-state index < -0.39 is 0 Å². The molecular weight excluding hydrogens is 578 g/mol. The molecule has 244 valence electrons. The summed E-state index contributed by atoms with van der Waals surface area (Å²) >= 11 is 0. The Morgan fingerprint density at radius 3 is 2.46 bits per heavy atom. The molecule has 1 aliphatic heterocycles. The van der Waals surface area contributed by atoms with E-state index >= 15 is 0 Å². The lowest BCUT2D eigenvalue weighted by molar-refractivity contribution is 0.0322. The van der Waals surface area contributed by atoms with Gasteiger partial charge in [-0.15, -0.1) is 0 Å². The van der Waals surface area contributed by atoms with E-state index in [9.17, 15) is 9.59 Å². The lowest BCUT2D eigenvalue weighted by Gasteiger charge is -2.27. The van der Waals surface area contributed by atoms with Crippen molar-refractivity contribution in [1.82, 2.24) is 14.9 Å². The van der Waals surface area contributed by atoms with Gasteiger partial charge >= 0.3 is 6.03 Å². The Morgan fingerprint density at radius 2 is 1.76 bits per heavy atom. The van der Waals surface area contributed by atoms with Crippen LogP contribution < -0.4 is 20.5 Å². The van der Waals surface area contributed by atoms with Crippen LogP contribution in [0.4, 0.5) is 16.2 Å². The number of aromatic amines is 1. The third kappa shape index (κ3) is 7.95. The van der Waals surface area contributed by atoms with E-state index in [2.05, 4.69) is 79.1 Å². The van der Waals surface area contributed by atoms with Gasteiger partial charge in [-0.25, -0.2) is 9.78 Å². The molecule has 9 nitrogen and oxygen atoms in total. The van der Waals surface area contributed by atoms with Crippen molar-refractivity contribution in [2.75, 3.05) is 56.2 Å². The number of unbranched alkanes of at least 4 members (excludes halogenated alkanes) is 1. The van der Waals surface area contributed by atoms with E-state index in [0.717, 1.165) is 84.8 Å². The van der Waals surface area contributed by atoms with Gasteiger partial charge in [0.05, 0.1) is 13.2 Å². The van der Waals surface area contributed by atoms with E-state index in [1.807, 2.05) is 24.3 Å². The number of ether oxygens (including phenoxy) is 2. The van der Waals surface area contributed by atoms with Gasteiger partial charge in [0, 0.05) is 43.4 Å². The summed E-state index contributed by atoms with van der Waals surface area (Å²) < 4.78 is 11.6. The van der Waals surface area contributed by atoms with E-state index in [1.165, 1.54) is 0 Å². The summed E-state index contributed by atoms with van der Waals surface area (Å²) in [6.07, 6.45) is 3.28. The highest BCUT2D eigenvalue weighted by Crippen LogP contribution is 2.38. The van der Waals surface area contributed by atoms with Crippen LogP contribution >= 0.6 is 0 Å². The molecule has 1 fully saturated rings. The molecule has 2 aromatic carbocycles. The first-order valence-corrected chi connectivity index (χ1v) is 16.5. The third-order valence-electron chi connectivity index (χ3n) is 8.49. The summed E-state index contributed by atoms with van der Waals surface area (Å²) in [6, 6.07) is 17.7. The van der Waals surface area contributed by atoms with Crippen LogP contribution in [0.2, 0.25) is 0 Å². The second-order valence-electron chi connectivity index (χ2n) is 12.5. The van der Waals surface area contributed by atoms with E-state index in [4.69, 9.17) is 9.47 Å². The normalized spacial score (nSPS) is 13.8. The summed E-state index contributed by atoms with van der Waals surface area (Å²) in [6.45, 7) is 16.0. The number of hydrogen-bond acceptors (Lipinski definition) is 6. The molecule has 0 atom stereocenters. The smallest absolute Gasteiger partial charge is 0.326 e. The van der Waals surface area contributed by atoms with Gasteiger partial charge in [-0.2, -0.15) is 0 Å². The molecule has 4 aromatic rings. The molecule has 0 unspecified atom stereocenters. The van der Waals surface area contributed by atoms with Crippen LogP contribution in [0.25, 0.3) is 22.2 Å². The van der Waals surface area contributed by atoms with Crippen LogP contribution in [0.5, 0.6) is 5.75 Å². The number of nitrogens with zero attached hydrogens (tertiary/aromatic N) is 3. The lowest BCUT2D eigenvalue weighted by atomic mass is 9.88. The molecule has 9 heteroatoms. The molecular formula is C37H47N5O4. The molecule has 0 saturated carbocycles. The first-order valence-electron chi connectivity index (χ1n) is 16.5. The average molecular weight is 626 g/mol. The van der Waals surface area contributed by atoms with Crippen LogP contribution in [0.3, 0.4) is 0 Å². The fourth-order valence-electron chi connectivity index (χ4n) is 5.84. The fourth-order valence-corrected chi connectivity index (χ4v) is 5.84. The van der Waals surface area contributed by atoms with E-state index in [-0.39, 0.29) is 23.4 Å². The Labute approximate surface area is 271 Å². The summed E-state index contributed by atoms with van der Waals surface area (Å²) in [4.78, 5) is 38.3. The largest absolute Gasteiger partial charge is 0.492 e. The number of benzene rings is 2. The average Bonchev–Trinajstić information content (AvgIpc) is 3.05. The Morgan fingerprint density at radius 1 is 1.02 bits per heavy atom. The van der Waals surface area contributed by atoms with Crippen molar-refractivity contribution in [2.45, 2.75) is 59.3 Å². The first kappa shape index (κ1) is 33.2. The zero-order chi connectivity index (χ0) is 32.6. The molecule has 2 aromatic heterocycles. The molecule has 0 radical (unpaired) electrons. The van der Waals surface area contributed by atoms with Gasteiger partial charge in [0.15, 0.2) is 0 Å².